The summed E-state index contributed by atoms with van der Waals surface area (Å²) in [5.74, 6) is -0.0249. The normalized spacial score (nSPS) is 19.0. The number of aromatic nitrogens is 1. The summed E-state index contributed by atoms with van der Waals surface area (Å²) in [7, 11) is 0. The van der Waals surface area contributed by atoms with Gasteiger partial charge in [-0.15, -0.1) is 11.3 Å². The van der Waals surface area contributed by atoms with Gasteiger partial charge < -0.3 is 10.1 Å². The summed E-state index contributed by atoms with van der Waals surface area (Å²) in [5, 5.41) is 5.48. The number of anilines is 1. The molecule has 1 aliphatic heterocycles. The van der Waals surface area contributed by atoms with Gasteiger partial charge in [0.1, 0.15) is 0 Å². The lowest BCUT2D eigenvalue weighted by Crippen LogP contribution is -2.44. The first-order valence-electron chi connectivity index (χ1n) is 7.35. The van der Waals surface area contributed by atoms with E-state index in [9.17, 15) is 4.79 Å². The molecule has 1 N–H and O–H groups in total. The van der Waals surface area contributed by atoms with Gasteiger partial charge in [0.25, 0.3) is 0 Å². The predicted octanol–water partition coefficient (Wildman–Crippen LogP) is 2.47. The molecule has 1 saturated heterocycles. The number of benzene rings is 1. The second-order valence-electron chi connectivity index (χ2n) is 5.37. The maximum absolute atomic E-state index is 12.1. The summed E-state index contributed by atoms with van der Waals surface area (Å²) >= 11 is 1.45. The fourth-order valence-corrected chi connectivity index (χ4v) is 3.20. The Labute approximate surface area is 133 Å². The van der Waals surface area contributed by atoms with Gasteiger partial charge in [0.15, 0.2) is 5.13 Å². The second kappa shape index (κ2) is 7.00. The van der Waals surface area contributed by atoms with E-state index >= 15 is 0 Å². The molecule has 1 aliphatic rings. The van der Waals surface area contributed by atoms with E-state index in [2.05, 4.69) is 15.2 Å². The van der Waals surface area contributed by atoms with Crippen LogP contribution in [0, 0.1) is 0 Å². The smallest absolute Gasteiger partial charge is 0.240 e. The Morgan fingerprint density at radius 1 is 1.45 bits per heavy atom. The number of hydrogen-bond acceptors (Lipinski definition) is 5. The third-order valence-corrected chi connectivity index (χ3v) is 4.27. The maximum atomic E-state index is 12.1. The van der Waals surface area contributed by atoms with Crippen molar-refractivity contribution in [1.29, 1.82) is 0 Å². The lowest BCUT2D eigenvalue weighted by atomic mass is 10.2. The lowest BCUT2D eigenvalue weighted by Gasteiger charge is -2.30. The Kier molecular flexibility index (Phi) is 4.82. The van der Waals surface area contributed by atoms with E-state index in [0.29, 0.717) is 18.3 Å². The molecule has 2 heterocycles. The van der Waals surface area contributed by atoms with E-state index in [4.69, 9.17) is 4.74 Å². The third-order valence-electron chi connectivity index (χ3n) is 3.51. The van der Waals surface area contributed by atoms with Crippen LogP contribution >= 0.6 is 11.3 Å². The van der Waals surface area contributed by atoms with Crippen molar-refractivity contribution in [3.05, 3.63) is 35.7 Å². The molecule has 0 radical (unpaired) electrons. The molecule has 6 heteroatoms. The summed E-state index contributed by atoms with van der Waals surface area (Å²) in [6.07, 6.45) is 0.186. The van der Waals surface area contributed by atoms with Crippen molar-refractivity contribution in [1.82, 2.24) is 9.88 Å². The first kappa shape index (κ1) is 15.1. The molecule has 1 amide bonds. The summed E-state index contributed by atoms with van der Waals surface area (Å²) in [4.78, 5) is 18.7. The van der Waals surface area contributed by atoms with E-state index in [1.165, 1.54) is 11.3 Å². The molecule has 1 fully saturated rings. The lowest BCUT2D eigenvalue weighted by molar-refractivity contribution is -0.119. The molecule has 0 aliphatic carbocycles. The van der Waals surface area contributed by atoms with Crippen molar-refractivity contribution in [3.63, 3.8) is 0 Å². The number of nitrogens with one attached hydrogen (secondary N) is 1. The van der Waals surface area contributed by atoms with Gasteiger partial charge in [0.2, 0.25) is 5.91 Å². The minimum Gasteiger partial charge on any atom is -0.376 e. The fourth-order valence-electron chi connectivity index (χ4n) is 2.47. The van der Waals surface area contributed by atoms with Gasteiger partial charge in [-0.2, -0.15) is 0 Å². The predicted molar refractivity (Wildman–Crippen MR) is 88.0 cm³/mol. The van der Waals surface area contributed by atoms with E-state index in [0.717, 1.165) is 24.3 Å². The van der Waals surface area contributed by atoms with Crippen molar-refractivity contribution >= 4 is 22.4 Å². The number of carbonyl (C=O) groups is 1. The molecule has 3 rings (SSSR count). The minimum atomic E-state index is -0.0249. The van der Waals surface area contributed by atoms with Crippen LogP contribution in [-0.4, -0.2) is 48.1 Å². The SMILES string of the molecule is C[C@@H]1CN(CC(=O)Nc2nc(-c3ccccc3)cs2)CCO1. The zero-order valence-electron chi connectivity index (χ0n) is 12.5. The largest absolute Gasteiger partial charge is 0.376 e. The van der Waals surface area contributed by atoms with Crippen molar-refractivity contribution in [2.24, 2.45) is 0 Å². The highest BCUT2D eigenvalue weighted by Crippen LogP contribution is 2.24. The molecule has 116 valence electrons. The van der Waals surface area contributed by atoms with E-state index in [1.807, 2.05) is 42.6 Å². The van der Waals surface area contributed by atoms with Crippen LogP contribution in [-0.2, 0) is 9.53 Å². The van der Waals surface area contributed by atoms with Crippen LogP contribution < -0.4 is 5.32 Å². The summed E-state index contributed by atoms with van der Waals surface area (Å²) in [6.45, 7) is 4.68. The molecule has 0 saturated carbocycles. The topological polar surface area (TPSA) is 54.5 Å². The number of rotatable bonds is 4. The molecule has 1 atom stereocenters. The van der Waals surface area contributed by atoms with E-state index in [1.54, 1.807) is 0 Å². The summed E-state index contributed by atoms with van der Waals surface area (Å²) < 4.78 is 5.48. The molecule has 2 aromatic rings. The molecule has 1 aromatic carbocycles. The number of carbonyl (C=O) groups excluding carboxylic acids is 1. The third kappa shape index (κ3) is 3.91. The average molecular weight is 317 g/mol. The summed E-state index contributed by atoms with van der Waals surface area (Å²) in [6, 6.07) is 9.95. The quantitative estimate of drug-likeness (QED) is 0.941. The molecule has 0 bridgehead atoms. The number of hydrogen-bond donors (Lipinski definition) is 1. The zero-order chi connectivity index (χ0) is 15.4. The van der Waals surface area contributed by atoms with Gasteiger partial charge in [0.05, 0.1) is 24.9 Å². The maximum Gasteiger partial charge on any atom is 0.240 e. The second-order valence-corrected chi connectivity index (χ2v) is 6.23. The van der Waals surface area contributed by atoms with Gasteiger partial charge in [-0.3, -0.25) is 9.69 Å². The van der Waals surface area contributed by atoms with Gasteiger partial charge in [-0.25, -0.2) is 4.98 Å². The van der Waals surface area contributed by atoms with E-state index < -0.39 is 0 Å². The molecule has 5 nitrogen and oxygen atoms in total. The Hall–Kier alpha value is -1.76. The van der Waals surface area contributed by atoms with Crippen molar-refractivity contribution in [2.75, 3.05) is 31.6 Å². The van der Waals surface area contributed by atoms with Crippen LogP contribution in [0.2, 0.25) is 0 Å². The minimum absolute atomic E-state index is 0.0249. The molecular weight excluding hydrogens is 298 g/mol. The van der Waals surface area contributed by atoms with Crippen LogP contribution in [0.4, 0.5) is 5.13 Å². The molecule has 0 spiro atoms. The Morgan fingerprint density at radius 3 is 3.05 bits per heavy atom. The van der Waals surface area contributed by atoms with Gasteiger partial charge >= 0.3 is 0 Å². The van der Waals surface area contributed by atoms with Crippen LogP contribution in [0.25, 0.3) is 11.3 Å². The number of thiazole rings is 1. The van der Waals surface area contributed by atoms with Crippen molar-refractivity contribution < 1.29 is 9.53 Å². The fraction of sp³-hybridized carbons (Fsp3) is 0.375. The van der Waals surface area contributed by atoms with Crippen LogP contribution in [0.3, 0.4) is 0 Å². The van der Waals surface area contributed by atoms with Crippen LogP contribution in [0.1, 0.15) is 6.92 Å². The van der Waals surface area contributed by atoms with Crippen molar-refractivity contribution in [3.8, 4) is 11.3 Å². The van der Waals surface area contributed by atoms with Crippen molar-refractivity contribution in [2.45, 2.75) is 13.0 Å². The summed E-state index contributed by atoms with van der Waals surface area (Å²) in [5.41, 5.74) is 1.95. The first-order valence-corrected chi connectivity index (χ1v) is 8.23. The highest BCUT2D eigenvalue weighted by Gasteiger charge is 2.19. The van der Waals surface area contributed by atoms with Crippen LogP contribution in [0.15, 0.2) is 35.7 Å². The Bertz CT molecular complexity index is 629. The van der Waals surface area contributed by atoms with Gasteiger partial charge in [0, 0.05) is 24.0 Å². The van der Waals surface area contributed by atoms with Gasteiger partial charge in [-0.1, -0.05) is 30.3 Å². The highest BCUT2D eigenvalue weighted by atomic mass is 32.1. The monoisotopic (exact) mass is 317 g/mol. The zero-order valence-corrected chi connectivity index (χ0v) is 13.3. The Balaban J connectivity index is 1.57. The number of nitrogens with zero attached hydrogens (tertiary/aromatic N) is 2. The average Bonchev–Trinajstić information content (AvgIpc) is 2.96. The van der Waals surface area contributed by atoms with Gasteiger partial charge in [-0.05, 0) is 6.92 Å². The number of amides is 1. The molecule has 22 heavy (non-hydrogen) atoms. The Morgan fingerprint density at radius 2 is 2.27 bits per heavy atom. The molecule has 1 aromatic heterocycles. The van der Waals surface area contributed by atoms with E-state index in [-0.39, 0.29) is 12.0 Å². The first-order chi connectivity index (χ1) is 10.7. The highest BCUT2D eigenvalue weighted by molar-refractivity contribution is 7.14. The number of ether oxygens (including phenoxy) is 1. The molecular formula is C16H19N3O2S. The standard InChI is InChI=1S/C16H19N3O2S/c1-12-9-19(7-8-21-12)10-15(20)18-16-17-14(11-22-16)13-5-3-2-4-6-13/h2-6,11-12H,7-10H2,1H3,(H,17,18,20)/t12-/m1/s1. The number of morpholine rings is 1. The molecule has 0 unspecified atom stereocenters. The van der Waals surface area contributed by atoms with Crippen LogP contribution in [0.5, 0.6) is 0 Å².